The van der Waals surface area contributed by atoms with Gasteiger partial charge in [0.1, 0.15) is 0 Å². The van der Waals surface area contributed by atoms with Crippen molar-refractivity contribution in [2.75, 3.05) is 13.1 Å². The van der Waals surface area contributed by atoms with Gasteiger partial charge in [-0.2, -0.15) is 0 Å². The molecular weight excluding hydrogens is 276 g/mol. The summed E-state index contributed by atoms with van der Waals surface area (Å²) in [6.45, 7) is 0.873. The highest BCUT2D eigenvalue weighted by Gasteiger charge is 2.04. The molecule has 0 fully saturated rings. The van der Waals surface area contributed by atoms with E-state index in [-0.39, 0.29) is 11.8 Å². The zero-order valence-electron chi connectivity index (χ0n) is 12.4. The van der Waals surface area contributed by atoms with Crippen LogP contribution in [0.1, 0.15) is 11.1 Å². The van der Waals surface area contributed by atoms with Crippen LogP contribution in [-0.2, 0) is 22.4 Å². The van der Waals surface area contributed by atoms with Gasteiger partial charge < -0.3 is 10.6 Å². The van der Waals surface area contributed by atoms with E-state index in [2.05, 4.69) is 10.6 Å². The molecule has 22 heavy (non-hydrogen) atoms. The van der Waals surface area contributed by atoms with Crippen LogP contribution in [0.5, 0.6) is 0 Å². The predicted molar refractivity (Wildman–Crippen MR) is 86.3 cm³/mol. The number of amides is 2. The van der Waals surface area contributed by atoms with Gasteiger partial charge in [0.25, 0.3) is 0 Å². The fourth-order valence-electron chi connectivity index (χ4n) is 2.09. The first kappa shape index (κ1) is 15.8. The Hall–Kier alpha value is -2.62. The summed E-state index contributed by atoms with van der Waals surface area (Å²) < 4.78 is 0. The molecule has 0 saturated heterocycles. The van der Waals surface area contributed by atoms with Gasteiger partial charge in [-0.05, 0) is 11.1 Å². The lowest BCUT2D eigenvalue weighted by molar-refractivity contribution is -0.122. The molecule has 2 rings (SSSR count). The van der Waals surface area contributed by atoms with Crippen LogP contribution in [0, 0.1) is 0 Å². The molecule has 2 aromatic rings. The summed E-state index contributed by atoms with van der Waals surface area (Å²) in [7, 11) is 0. The third-order valence-electron chi connectivity index (χ3n) is 3.18. The molecule has 2 N–H and O–H groups in total. The molecule has 0 bridgehead atoms. The van der Waals surface area contributed by atoms with E-state index < -0.39 is 0 Å². The summed E-state index contributed by atoms with van der Waals surface area (Å²) in [5.41, 5.74) is 1.96. The highest BCUT2D eigenvalue weighted by Crippen LogP contribution is 1.99. The summed E-state index contributed by atoms with van der Waals surface area (Å²) in [6.07, 6.45) is 0.720. The Morgan fingerprint density at radius 1 is 0.636 bits per heavy atom. The summed E-state index contributed by atoms with van der Waals surface area (Å²) in [4.78, 5) is 23.4. The van der Waals surface area contributed by atoms with E-state index in [4.69, 9.17) is 0 Å². The van der Waals surface area contributed by atoms with Crippen LogP contribution in [-0.4, -0.2) is 24.9 Å². The average Bonchev–Trinajstić information content (AvgIpc) is 2.53. The first-order valence-corrected chi connectivity index (χ1v) is 7.35. The molecule has 0 aliphatic carbocycles. The van der Waals surface area contributed by atoms with Gasteiger partial charge in [-0.1, -0.05) is 60.7 Å². The predicted octanol–water partition coefficient (Wildman–Crippen LogP) is 1.70. The normalized spacial score (nSPS) is 10.0. The quantitative estimate of drug-likeness (QED) is 0.764. The molecule has 4 nitrogen and oxygen atoms in total. The Balaban J connectivity index is 1.60. The highest BCUT2D eigenvalue weighted by atomic mass is 16.2. The first-order chi connectivity index (χ1) is 10.7. The maximum atomic E-state index is 11.7. The number of carbonyl (C=O) groups is 2. The molecule has 0 aliphatic heterocycles. The van der Waals surface area contributed by atoms with Crippen LogP contribution in [0.25, 0.3) is 0 Å². The summed E-state index contributed by atoms with van der Waals surface area (Å²) >= 11 is 0. The largest absolute Gasteiger partial charge is 0.354 e. The van der Waals surface area contributed by atoms with Crippen LogP contribution in [0.3, 0.4) is 0 Å². The van der Waals surface area contributed by atoms with Crippen molar-refractivity contribution in [2.24, 2.45) is 0 Å². The summed E-state index contributed by atoms with van der Waals surface area (Å²) in [5.74, 6) is -0.0768. The maximum Gasteiger partial charge on any atom is 0.224 e. The number of hydrogen-bond acceptors (Lipinski definition) is 2. The van der Waals surface area contributed by atoms with E-state index >= 15 is 0 Å². The van der Waals surface area contributed by atoms with Crippen LogP contribution in [0.4, 0.5) is 0 Å². The lowest BCUT2D eigenvalue weighted by atomic mass is 10.1. The van der Waals surface area contributed by atoms with Crippen molar-refractivity contribution in [2.45, 2.75) is 12.8 Å². The summed E-state index contributed by atoms with van der Waals surface area (Å²) in [6, 6.07) is 19.1. The van der Waals surface area contributed by atoms with Gasteiger partial charge in [-0.15, -0.1) is 0 Å². The minimum atomic E-state index is -0.0384. The molecule has 2 aromatic carbocycles. The van der Waals surface area contributed by atoms with Gasteiger partial charge in [-0.3, -0.25) is 9.59 Å². The fraction of sp³-hybridized carbons (Fsp3) is 0.222. The minimum absolute atomic E-state index is 0.0384. The van der Waals surface area contributed by atoms with Crippen molar-refractivity contribution < 1.29 is 9.59 Å². The number of carbonyl (C=O) groups excluding carboxylic acids is 2. The standard InChI is InChI=1S/C18H20N2O2/c21-17(13-15-7-3-1-4-8-15)19-11-12-20-18(22)14-16-9-5-2-6-10-16/h1-10H,11-14H2,(H,19,21)(H,20,22). The molecule has 0 heterocycles. The van der Waals surface area contributed by atoms with Crippen molar-refractivity contribution in [3.05, 3.63) is 71.8 Å². The number of rotatable bonds is 7. The first-order valence-electron chi connectivity index (χ1n) is 7.35. The Morgan fingerprint density at radius 2 is 1.00 bits per heavy atom. The van der Waals surface area contributed by atoms with E-state index in [1.165, 1.54) is 0 Å². The van der Waals surface area contributed by atoms with Gasteiger partial charge in [0, 0.05) is 13.1 Å². The molecule has 2 amide bonds. The molecule has 4 heteroatoms. The second kappa shape index (κ2) is 8.62. The number of nitrogens with one attached hydrogen (secondary N) is 2. The smallest absolute Gasteiger partial charge is 0.224 e. The van der Waals surface area contributed by atoms with Crippen LogP contribution >= 0.6 is 0 Å². The highest BCUT2D eigenvalue weighted by molar-refractivity contribution is 5.79. The second-order valence-electron chi connectivity index (χ2n) is 5.02. The average molecular weight is 296 g/mol. The van der Waals surface area contributed by atoms with Gasteiger partial charge in [-0.25, -0.2) is 0 Å². The van der Waals surface area contributed by atoms with Crippen LogP contribution in [0.2, 0.25) is 0 Å². The van der Waals surface area contributed by atoms with Crippen molar-refractivity contribution in [1.29, 1.82) is 0 Å². The number of hydrogen-bond donors (Lipinski definition) is 2. The molecular formula is C18H20N2O2. The third kappa shape index (κ3) is 5.79. The third-order valence-corrected chi connectivity index (χ3v) is 3.18. The Kier molecular flexibility index (Phi) is 6.18. The van der Waals surface area contributed by atoms with E-state index in [0.29, 0.717) is 25.9 Å². The zero-order valence-corrected chi connectivity index (χ0v) is 12.4. The van der Waals surface area contributed by atoms with Gasteiger partial charge >= 0.3 is 0 Å². The van der Waals surface area contributed by atoms with E-state index in [0.717, 1.165) is 11.1 Å². The lowest BCUT2D eigenvalue weighted by Crippen LogP contribution is -2.35. The zero-order chi connectivity index (χ0) is 15.6. The maximum absolute atomic E-state index is 11.7. The molecule has 0 aromatic heterocycles. The molecule has 0 spiro atoms. The van der Waals surface area contributed by atoms with Crippen molar-refractivity contribution in [3.63, 3.8) is 0 Å². The Labute approximate surface area is 130 Å². The fourth-order valence-corrected chi connectivity index (χ4v) is 2.09. The van der Waals surface area contributed by atoms with Gasteiger partial charge in [0.05, 0.1) is 12.8 Å². The van der Waals surface area contributed by atoms with Crippen molar-refractivity contribution in [1.82, 2.24) is 10.6 Å². The second-order valence-corrected chi connectivity index (χ2v) is 5.02. The van der Waals surface area contributed by atoms with Crippen molar-refractivity contribution in [3.8, 4) is 0 Å². The molecule has 0 saturated carbocycles. The minimum Gasteiger partial charge on any atom is -0.354 e. The summed E-state index contributed by atoms with van der Waals surface area (Å²) in [5, 5.41) is 5.59. The molecule has 0 aliphatic rings. The van der Waals surface area contributed by atoms with Gasteiger partial charge in [0.2, 0.25) is 11.8 Å². The van der Waals surface area contributed by atoms with E-state index in [1.54, 1.807) is 0 Å². The van der Waals surface area contributed by atoms with E-state index in [1.807, 2.05) is 60.7 Å². The SMILES string of the molecule is O=C(Cc1ccccc1)NCCNC(=O)Cc1ccccc1. The lowest BCUT2D eigenvalue weighted by Gasteiger charge is -2.07. The molecule has 0 atom stereocenters. The molecule has 0 radical (unpaired) electrons. The Bertz CT molecular complexity index is 541. The molecule has 114 valence electrons. The van der Waals surface area contributed by atoms with Crippen LogP contribution in [0.15, 0.2) is 60.7 Å². The van der Waals surface area contributed by atoms with E-state index in [9.17, 15) is 9.59 Å². The monoisotopic (exact) mass is 296 g/mol. The topological polar surface area (TPSA) is 58.2 Å². The van der Waals surface area contributed by atoms with Crippen molar-refractivity contribution >= 4 is 11.8 Å². The number of benzene rings is 2. The molecule has 0 unspecified atom stereocenters. The van der Waals surface area contributed by atoms with Gasteiger partial charge in [0.15, 0.2) is 0 Å². The Morgan fingerprint density at radius 3 is 1.36 bits per heavy atom. The van der Waals surface area contributed by atoms with Crippen LogP contribution < -0.4 is 10.6 Å².